The predicted molar refractivity (Wildman–Crippen MR) is 134 cm³/mol. The Kier molecular flexibility index (Phi) is 5.76. The Hall–Kier alpha value is -2.58. The number of likely N-dealkylation sites (tertiary alicyclic amines) is 1. The topological polar surface area (TPSA) is 51.3 Å². The summed E-state index contributed by atoms with van der Waals surface area (Å²) in [5.74, 6) is 0. The maximum absolute atomic E-state index is 15.0. The van der Waals surface area contributed by atoms with Gasteiger partial charge < -0.3 is 4.90 Å². The number of hydrogen-bond donors (Lipinski definition) is 1. The summed E-state index contributed by atoms with van der Waals surface area (Å²) >= 11 is 0. The van der Waals surface area contributed by atoms with Crippen molar-refractivity contribution in [1.29, 1.82) is 0 Å². The largest absolute Gasteiger partial charge is 0.368 e. The van der Waals surface area contributed by atoms with Gasteiger partial charge in [0.1, 0.15) is 5.67 Å². The summed E-state index contributed by atoms with van der Waals surface area (Å²) in [6, 6.07) is 9.04. The normalized spacial score (nSPS) is 24.3. The summed E-state index contributed by atoms with van der Waals surface area (Å²) in [6.07, 6.45) is 6.65. The number of halogens is 2. The highest BCUT2D eigenvalue weighted by Gasteiger charge is 2.48. The number of nitrogens with one attached hydrogen (secondary N) is 1. The molecule has 35 heavy (non-hydrogen) atoms. The second-order valence-corrected chi connectivity index (χ2v) is 10.8. The minimum Gasteiger partial charge on any atom is -0.368 e. The van der Waals surface area contributed by atoms with Crippen LogP contribution in [0.1, 0.15) is 49.0 Å². The number of fused-ring (bicyclic) bond motifs is 3. The highest BCUT2D eigenvalue weighted by atomic mass is 19.1. The molecular weight excluding hydrogens is 446 g/mol. The van der Waals surface area contributed by atoms with Crippen molar-refractivity contribution in [3.63, 3.8) is 0 Å². The number of alkyl halides is 2. The molecule has 2 fully saturated rings. The smallest absolute Gasteiger partial charge is 0.124 e. The number of likely N-dealkylation sites (N-methyl/N-ethyl adjacent to an activating group) is 1. The van der Waals surface area contributed by atoms with Crippen molar-refractivity contribution < 1.29 is 8.78 Å². The molecule has 1 saturated heterocycles. The highest BCUT2D eigenvalue weighted by Crippen LogP contribution is 2.46. The van der Waals surface area contributed by atoms with E-state index >= 15 is 4.39 Å². The van der Waals surface area contributed by atoms with Crippen LogP contribution in [0.25, 0.3) is 10.9 Å². The Morgan fingerprint density at radius 3 is 2.71 bits per heavy atom. The second kappa shape index (κ2) is 8.82. The van der Waals surface area contributed by atoms with Crippen LogP contribution in [0.15, 0.2) is 36.7 Å². The number of nitrogens with zero attached hydrogens (tertiary/aromatic N) is 5. The first-order chi connectivity index (χ1) is 17.0. The monoisotopic (exact) mass is 480 g/mol. The van der Waals surface area contributed by atoms with Gasteiger partial charge in [0.15, 0.2) is 0 Å². The Labute approximate surface area is 205 Å². The fraction of sp³-hybridized carbons (Fsp3) is 0.556. The molecule has 186 valence electrons. The van der Waals surface area contributed by atoms with E-state index in [2.05, 4.69) is 63.1 Å². The molecule has 1 saturated carbocycles. The van der Waals surface area contributed by atoms with Gasteiger partial charge >= 0.3 is 0 Å². The molecule has 0 spiro atoms. The number of benzene rings is 1. The molecule has 3 aliphatic rings. The van der Waals surface area contributed by atoms with Gasteiger partial charge in [0, 0.05) is 44.7 Å². The van der Waals surface area contributed by atoms with Crippen LogP contribution in [0.3, 0.4) is 0 Å². The van der Waals surface area contributed by atoms with Crippen molar-refractivity contribution in [1.82, 2.24) is 25.0 Å². The Morgan fingerprint density at radius 2 is 2.00 bits per heavy atom. The molecule has 4 heterocycles. The summed E-state index contributed by atoms with van der Waals surface area (Å²) in [7, 11) is 2.10. The molecule has 2 aliphatic heterocycles. The molecule has 0 bridgehead atoms. The first-order valence-electron chi connectivity index (χ1n) is 12.8. The minimum absolute atomic E-state index is 0.0828. The summed E-state index contributed by atoms with van der Waals surface area (Å²) in [6.45, 7) is 5.14. The van der Waals surface area contributed by atoms with Gasteiger partial charge in [-0.05, 0) is 61.9 Å². The average Bonchev–Trinajstić information content (AvgIpc) is 3.36. The Morgan fingerprint density at radius 1 is 1.17 bits per heavy atom. The molecule has 1 unspecified atom stereocenters. The third-order valence-corrected chi connectivity index (χ3v) is 8.27. The first-order valence-corrected chi connectivity index (χ1v) is 12.8. The molecule has 6 nitrogen and oxygen atoms in total. The lowest BCUT2D eigenvalue weighted by molar-refractivity contribution is 0.0968. The van der Waals surface area contributed by atoms with Gasteiger partial charge in [0.05, 0.1) is 48.0 Å². The van der Waals surface area contributed by atoms with E-state index in [1.807, 2.05) is 12.4 Å². The van der Waals surface area contributed by atoms with Gasteiger partial charge in [0.25, 0.3) is 0 Å². The third kappa shape index (κ3) is 4.20. The maximum Gasteiger partial charge on any atom is 0.124 e. The highest BCUT2D eigenvalue weighted by molar-refractivity contribution is 5.83. The van der Waals surface area contributed by atoms with Crippen molar-refractivity contribution in [2.75, 3.05) is 44.8 Å². The van der Waals surface area contributed by atoms with E-state index in [0.29, 0.717) is 31.8 Å². The van der Waals surface area contributed by atoms with Crippen LogP contribution < -0.4 is 4.90 Å². The van der Waals surface area contributed by atoms with Gasteiger partial charge in [-0.15, -0.1) is 0 Å². The molecule has 0 amide bonds. The van der Waals surface area contributed by atoms with E-state index in [-0.39, 0.29) is 18.8 Å². The standard InChI is InChI=1S/C27H34F2N6/c1-18-12-22-21(5-7-24-23(22)14-31-32-24)26(35(18)17-27(29)8-9-27)25-6-4-19(13-30-25)33(2)20-15-34(16-20)11-3-10-28/h4-7,13-14,18,20,26H,3,8-12,15-17H2,1-2H3,(H,31,32)/t18-,26?/m1/s1. The first kappa shape index (κ1) is 22.9. The molecule has 1 aromatic carbocycles. The van der Waals surface area contributed by atoms with Gasteiger partial charge in [-0.3, -0.25) is 24.3 Å². The zero-order valence-corrected chi connectivity index (χ0v) is 20.6. The predicted octanol–water partition coefficient (Wildman–Crippen LogP) is 4.28. The fourth-order valence-electron chi connectivity index (χ4n) is 5.85. The number of rotatable bonds is 8. The van der Waals surface area contributed by atoms with Crippen molar-refractivity contribution in [3.8, 4) is 0 Å². The summed E-state index contributed by atoms with van der Waals surface area (Å²) in [4.78, 5) is 11.8. The molecule has 1 aliphatic carbocycles. The molecule has 2 atom stereocenters. The fourth-order valence-corrected chi connectivity index (χ4v) is 5.85. The molecular formula is C27H34F2N6. The van der Waals surface area contributed by atoms with Crippen LogP contribution in [-0.2, 0) is 6.42 Å². The molecule has 2 aromatic heterocycles. The number of aromatic nitrogens is 3. The number of hydrogen-bond acceptors (Lipinski definition) is 5. The molecule has 8 heteroatoms. The molecule has 1 N–H and O–H groups in total. The van der Waals surface area contributed by atoms with Crippen molar-refractivity contribution >= 4 is 16.6 Å². The van der Waals surface area contributed by atoms with Crippen LogP contribution in [0.4, 0.5) is 14.5 Å². The lowest BCUT2D eigenvalue weighted by Gasteiger charge is -2.45. The van der Waals surface area contributed by atoms with Gasteiger partial charge in [-0.25, -0.2) is 4.39 Å². The van der Waals surface area contributed by atoms with Crippen LogP contribution in [0.5, 0.6) is 0 Å². The zero-order chi connectivity index (χ0) is 24.2. The van der Waals surface area contributed by atoms with Crippen LogP contribution in [-0.4, -0.2) is 82.6 Å². The molecule has 6 rings (SSSR count). The number of anilines is 1. The Balaban J connectivity index is 1.28. The van der Waals surface area contributed by atoms with E-state index in [4.69, 9.17) is 4.98 Å². The lowest BCUT2D eigenvalue weighted by atomic mass is 9.84. The van der Waals surface area contributed by atoms with Crippen molar-refractivity contribution in [2.45, 2.75) is 56.4 Å². The average molecular weight is 481 g/mol. The summed E-state index contributed by atoms with van der Waals surface area (Å²) in [5, 5.41) is 8.50. The van der Waals surface area contributed by atoms with Gasteiger partial charge in [0.2, 0.25) is 0 Å². The van der Waals surface area contributed by atoms with Gasteiger partial charge in [-0.1, -0.05) is 6.07 Å². The summed E-state index contributed by atoms with van der Waals surface area (Å²) in [5.41, 5.74) is 4.51. The van der Waals surface area contributed by atoms with Crippen molar-refractivity contribution in [2.24, 2.45) is 0 Å². The lowest BCUT2D eigenvalue weighted by Crippen LogP contribution is -2.58. The van der Waals surface area contributed by atoms with Crippen LogP contribution >= 0.6 is 0 Å². The van der Waals surface area contributed by atoms with E-state index in [0.717, 1.165) is 48.3 Å². The quantitative estimate of drug-likeness (QED) is 0.522. The van der Waals surface area contributed by atoms with E-state index in [9.17, 15) is 4.39 Å². The summed E-state index contributed by atoms with van der Waals surface area (Å²) < 4.78 is 27.5. The van der Waals surface area contributed by atoms with E-state index in [1.54, 1.807) is 0 Å². The number of aromatic amines is 1. The van der Waals surface area contributed by atoms with Crippen LogP contribution in [0, 0.1) is 0 Å². The third-order valence-electron chi connectivity index (χ3n) is 8.27. The second-order valence-electron chi connectivity index (χ2n) is 10.8. The van der Waals surface area contributed by atoms with Crippen molar-refractivity contribution in [3.05, 3.63) is 53.5 Å². The Bertz CT molecular complexity index is 1180. The van der Waals surface area contributed by atoms with E-state index in [1.165, 1.54) is 11.1 Å². The zero-order valence-electron chi connectivity index (χ0n) is 20.6. The number of pyridine rings is 1. The maximum atomic E-state index is 15.0. The number of H-pyrrole nitrogens is 1. The minimum atomic E-state index is -1.07. The SMILES string of the molecule is C[C@@H]1Cc2c(ccc3[nH]ncc23)C(c2ccc(N(C)C3CN(CCCF)C3)cn2)N1CC1(F)CC1. The van der Waals surface area contributed by atoms with E-state index < -0.39 is 5.67 Å². The van der Waals surface area contributed by atoms with Gasteiger partial charge in [-0.2, -0.15) is 5.10 Å². The molecule has 0 radical (unpaired) electrons. The van der Waals surface area contributed by atoms with Crippen LogP contribution in [0.2, 0.25) is 0 Å². The molecule has 3 aromatic rings.